The first-order chi connectivity index (χ1) is 7.40. The molecule has 0 aromatic heterocycles. The summed E-state index contributed by atoms with van der Waals surface area (Å²) in [6.07, 6.45) is -4.55. The summed E-state index contributed by atoms with van der Waals surface area (Å²) in [7, 11) is 0. The molecule has 2 nitrogen and oxygen atoms in total. The molecule has 86 valence electrons. The van der Waals surface area contributed by atoms with Crippen molar-refractivity contribution >= 4 is 0 Å². The van der Waals surface area contributed by atoms with Gasteiger partial charge in [0.25, 0.3) is 0 Å². The molecule has 0 heterocycles. The highest BCUT2D eigenvalue weighted by atomic mass is 19.4. The standard InChI is InChI=1S/C11H10F3NO/c1-7(6-16)8-2-3-9(5-15)10(4-8)11(12,13)14/h2-4,7,16H,6H2,1H3. The molecule has 0 aliphatic rings. The van der Waals surface area contributed by atoms with Crippen molar-refractivity contribution in [1.82, 2.24) is 0 Å². The van der Waals surface area contributed by atoms with Gasteiger partial charge in [0.2, 0.25) is 0 Å². The highest BCUT2D eigenvalue weighted by molar-refractivity contribution is 5.42. The maximum absolute atomic E-state index is 12.6. The minimum atomic E-state index is -4.55. The van der Waals surface area contributed by atoms with Crippen molar-refractivity contribution in [2.45, 2.75) is 19.0 Å². The Bertz CT molecular complexity index is 420. The number of alkyl halides is 3. The van der Waals surface area contributed by atoms with E-state index in [2.05, 4.69) is 0 Å². The zero-order valence-electron chi connectivity index (χ0n) is 8.54. The molecule has 0 amide bonds. The fourth-order valence-electron chi connectivity index (χ4n) is 1.31. The Balaban J connectivity index is 3.29. The third-order valence-electron chi connectivity index (χ3n) is 2.31. The van der Waals surface area contributed by atoms with E-state index in [1.54, 1.807) is 6.92 Å². The van der Waals surface area contributed by atoms with Crippen molar-refractivity contribution < 1.29 is 18.3 Å². The molecule has 1 aromatic carbocycles. The summed E-state index contributed by atoms with van der Waals surface area (Å²) in [5.41, 5.74) is -0.983. The minimum absolute atomic E-state index is 0.233. The zero-order valence-corrected chi connectivity index (χ0v) is 8.54. The van der Waals surface area contributed by atoms with Gasteiger partial charge in [-0.25, -0.2) is 0 Å². The van der Waals surface area contributed by atoms with Gasteiger partial charge < -0.3 is 5.11 Å². The Kier molecular flexibility index (Phi) is 3.55. The van der Waals surface area contributed by atoms with Crippen LogP contribution in [0.4, 0.5) is 13.2 Å². The molecule has 16 heavy (non-hydrogen) atoms. The summed E-state index contributed by atoms with van der Waals surface area (Å²) >= 11 is 0. The second-order valence-corrected chi connectivity index (χ2v) is 3.50. The van der Waals surface area contributed by atoms with Gasteiger partial charge in [-0.2, -0.15) is 18.4 Å². The lowest BCUT2D eigenvalue weighted by Gasteiger charge is -2.13. The molecule has 0 radical (unpaired) electrons. The van der Waals surface area contributed by atoms with Crippen LogP contribution in [0, 0.1) is 11.3 Å². The first-order valence-electron chi connectivity index (χ1n) is 4.62. The van der Waals surface area contributed by atoms with E-state index >= 15 is 0 Å². The number of nitriles is 1. The fourth-order valence-corrected chi connectivity index (χ4v) is 1.31. The Hall–Kier alpha value is -1.54. The molecule has 0 bridgehead atoms. The lowest BCUT2D eigenvalue weighted by molar-refractivity contribution is -0.137. The lowest BCUT2D eigenvalue weighted by atomic mass is 9.97. The summed E-state index contributed by atoms with van der Waals surface area (Å²) in [4.78, 5) is 0. The highest BCUT2D eigenvalue weighted by Crippen LogP contribution is 2.33. The van der Waals surface area contributed by atoms with Crippen LogP contribution < -0.4 is 0 Å². The number of hydrogen-bond acceptors (Lipinski definition) is 2. The summed E-state index contributed by atoms with van der Waals surface area (Å²) in [5, 5.41) is 17.4. The summed E-state index contributed by atoms with van der Waals surface area (Å²) in [6, 6.07) is 4.97. The normalized spacial score (nSPS) is 13.2. The highest BCUT2D eigenvalue weighted by Gasteiger charge is 2.34. The van der Waals surface area contributed by atoms with Crippen LogP contribution >= 0.6 is 0 Å². The molecule has 1 aromatic rings. The van der Waals surface area contributed by atoms with Gasteiger partial charge in [0.1, 0.15) is 0 Å². The Morgan fingerprint density at radius 3 is 2.50 bits per heavy atom. The van der Waals surface area contributed by atoms with E-state index in [-0.39, 0.29) is 12.5 Å². The van der Waals surface area contributed by atoms with Crippen LogP contribution in [0.5, 0.6) is 0 Å². The molecule has 0 aliphatic carbocycles. The second-order valence-electron chi connectivity index (χ2n) is 3.50. The molecular weight excluding hydrogens is 219 g/mol. The number of rotatable bonds is 2. The van der Waals surface area contributed by atoms with Crippen molar-refractivity contribution in [2.75, 3.05) is 6.61 Å². The van der Waals surface area contributed by atoms with Crippen LogP contribution in [0.2, 0.25) is 0 Å². The van der Waals surface area contributed by atoms with Gasteiger partial charge in [0.05, 0.1) is 17.2 Å². The van der Waals surface area contributed by atoms with E-state index in [1.807, 2.05) is 0 Å². The van der Waals surface area contributed by atoms with Crippen molar-refractivity contribution in [3.05, 3.63) is 34.9 Å². The van der Waals surface area contributed by atoms with Crippen LogP contribution in [-0.2, 0) is 6.18 Å². The monoisotopic (exact) mass is 229 g/mol. The van der Waals surface area contributed by atoms with E-state index in [1.165, 1.54) is 12.1 Å². The van der Waals surface area contributed by atoms with E-state index in [9.17, 15) is 13.2 Å². The first kappa shape index (κ1) is 12.5. The Labute approximate surface area is 90.9 Å². The number of aliphatic hydroxyl groups is 1. The minimum Gasteiger partial charge on any atom is -0.396 e. The number of aliphatic hydroxyl groups excluding tert-OH is 1. The van der Waals surface area contributed by atoms with E-state index in [0.29, 0.717) is 5.56 Å². The van der Waals surface area contributed by atoms with Crippen LogP contribution in [0.3, 0.4) is 0 Å². The van der Waals surface area contributed by atoms with Crippen molar-refractivity contribution in [2.24, 2.45) is 0 Å². The van der Waals surface area contributed by atoms with E-state index in [0.717, 1.165) is 12.1 Å². The summed E-state index contributed by atoms with van der Waals surface area (Å²) in [5.74, 6) is -0.381. The average molecular weight is 229 g/mol. The molecule has 0 fully saturated rings. The topological polar surface area (TPSA) is 44.0 Å². The van der Waals surface area contributed by atoms with Gasteiger partial charge in [-0.05, 0) is 17.7 Å². The largest absolute Gasteiger partial charge is 0.417 e. The molecule has 5 heteroatoms. The SMILES string of the molecule is CC(CO)c1ccc(C#N)c(C(F)(F)F)c1. The van der Waals surface area contributed by atoms with Crippen molar-refractivity contribution in [3.63, 3.8) is 0 Å². The van der Waals surface area contributed by atoms with Crippen LogP contribution in [0.25, 0.3) is 0 Å². The van der Waals surface area contributed by atoms with Gasteiger partial charge in [-0.1, -0.05) is 13.0 Å². The quantitative estimate of drug-likeness (QED) is 0.847. The van der Waals surface area contributed by atoms with E-state index < -0.39 is 17.3 Å². The molecule has 1 unspecified atom stereocenters. The molecule has 0 aliphatic heterocycles. The smallest absolute Gasteiger partial charge is 0.396 e. The summed E-state index contributed by atoms with van der Waals surface area (Å²) in [6.45, 7) is 1.38. The van der Waals surface area contributed by atoms with Crippen LogP contribution in [-0.4, -0.2) is 11.7 Å². The van der Waals surface area contributed by atoms with E-state index in [4.69, 9.17) is 10.4 Å². The molecule has 0 saturated heterocycles. The first-order valence-corrected chi connectivity index (χ1v) is 4.62. The van der Waals surface area contributed by atoms with Gasteiger partial charge >= 0.3 is 6.18 Å². The Morgan fingerprint density at radius 1 is 1.44 bits per heavy atom. The number of halogens is 3. The van der Waals surface area contributed by atoms with Crippen LogP contribution in [0.15, 0.2) is 18.2 Å². The molecule has 1 rings (SSSR count). The third kappa shape index (κ3) is 2.52. The zero-order chi connectivity index (χ0) is 12.3. The average Bonchev–Trinajstić information content (AvgIpc) is 2.26. The van der Waals surface area contributed by atoms with Crippen molar-refractivity contribution in [1.29, 1.82) is 5.26 Å². The number of nitrogens with zero attached hydrogens (tertiary/aromatic N) is 1. The maximum Gasteiger partial charge on any atom is 0.417 e. The molecule has 0 saturated carbocycles. The van der Waals surface area contributed by atoms with Gasteiger partial charge in [0, 0.05) is 12.5 Å². The number of hydrogen-bond donors (Lipinski definition) is 1. The van der Waals surface area contributed by atoms with Crippen LogP contribution in [0.1, 0.15) is 29.5 Å². The second kappa shape index (κ2) is 4.54. The third-order valence-corrected chi connectivity index (χ3v) is 2.31. The Morgan fingerprint density at radius 2 is 2.06 bits per heavy atom. The predicted octanol–water partition coefficient (Wildman–Crippen LogP) is 2.67. The van der Waals surface area contributed by atoms with Crippen molar-refractivity contribution in [3.8, 4) is 6.07 Å². The predicted molar refractivity (Wildman–Crippen MR) is 51.7 cm³/mol. The molecule has 1 N–H and O–H groups in total. The van der Waals surface area contributed by atoms with Gasteiger partial charge in [-0.3, -0.25) is 0 Å². The van der Waals surface area contributed by atoms with Gasteiger partial charge in [0.15, 0.2) is 0 Å². The lowest BCUT2D eigenvalue weighted by Crippen LogP contribution is -2.10. The fraction of sp³-hybridized carbons (Fsp3) is 0.364. The number of benzene rings is 1. The molecule has 0 spiro atoms. The summed E-state index contributed by atoms with van der Waals surface area (Å²) < 4.78 is 37.7. The van der Waals surface area contributed by atoms with Gasteiger partial charge in [-0.15, -0.1) is 0 Å². The molecular formula is C11H10F3NO. The molecule has 1 atom stereocenters. The maximum atomic E-state index is 12.6.